The van der Waals surface area contributed by atoms with Crippen molar-refractivity contribution >= 4 is 19.5 Å². The summed E-state index contributed by atoms with van der Waals surface area (Å²) < 4.78 is 12.2. The Labute approximate surface area is 146 Å². The van der Waals surface area contributed by atoms with Crippen molar-refractivity contribution in [3.8, 4) is 0 Å². The van der Waals surface area contributed by atoms with Crippen LogP contribution in [0.4, 0.5) is 11.4 Å². The molecule has 0 aliphatic carbocycles. The van der Waals surface area contributed by atoms with Crippen LogP contribution in [0.15, 0.2) is 48.5 Å². The minimum Gasteiger partial charge on any atom is -0.157 e. The molecule has 0 aliphatic rings. The molecule has 2 aromatic carbocycles. The molecule has 2 aromatic rings. The Morgan fingerprint density at radius 1 is 0.708 bits per heavy atom. The number of rotatable bonds is 10. The number of hydrogen-bond acceptors (Lipinski definition) is 1. The first kappa shape index (κ1) is 18.5. The van der Waals surface area contributed by atoms with Gasteiger partial charge in [-0.05, 0) is 65.6 Å². The van der Waals surface area contributed by atoms with Gasteiger partial charge in [0.1, 0.15) is 0 Å². The number of aryl methyl sites for hydroxylation is 2. The second kappa shape index (κ2) is 10.1. The summed E-state index contributed by atoms with van der Waals surface area (Å²) in [6, 6.07) is 16.4. The van der Waals surface area contributed by atoms with E-state index in [-0.39, 0.29) is 0 Å². The van der Waals surface area contributed by atoms with Crippen molar-refractivity contribution in [3.63, 3.8) is 0 Å². The van der Waals surface area contributed by atoms with Gasteiger partial charge in [-0.1, -0.05) is 51.0 Å². The molecule has 0 fully saturated rings. The van der Waals surface area contributed by atoms with Gasteiger partial charge in [0.05, 0.1) is 11.4 Å². The highest BCUT2D eigenvalue weighted by Gasteiger charge is 2.15. The Kier molecular flexibility index (Phi) is 7.77. The second-order valence-electron chi connectivity index (χ2n) is 6.12. The first-order valence-corrected chi connectivity index (χ1v) is 10.2. The van der Waals surface area contributed by atoms with Crippen molar-refractivity contribution in [1.29, 1.82) is 0 Å². The van der Waals surface area contributed by atoms with E-state index in [1.807, 2.05) is 24.3 Å². The fraction of sp³-hybridized carbons (Fsp3) is 0.400. The average molecular weight is 343 g/mol. The summed E-state index contributed by atoms with van der Waals surface area (Å²) in [5, 5.41) is 6.04. The molecule has 0 saturated heterocycles. The molecule has 0 saturated carbocycles. The SMILES string of the molecule is CCCCc1ccc(N[P+](=O)Nc2ccc(CCCC)cc2)cc1. The van der Waals surface area contributed by atoms with Crippen LogP contribution in [0.2, 0.25) is 0 Å². The summed E-state index contributed by atoms with van der Waals surface area (Å²) in [5.41, 5.74) is 4.41. The standard InChI is InChI=1S/C20H28N2OP/c1-3-5-7-17-9-13-19(14-10-17)21-24(23)22-20-15-11-18(12-16-20)8-6-4-2/h9-16H,3-8H2,1-2H3,(H2,21,22,23)/q+1. The molecule has 0 spiro atoms. The molecule has 24 heavy (non-hydrogen) atoms. The topological polar surface area (TPSA) is 41.1 Å². The fourth-order valence-electron chi connectivity index (χ4n) is 2.52. The zero-order valence-corrected chi connectivity index (χ0v) is 15.6. The van der Waals surface area contributed by atoms with E-state index < -0.39 is 8.10 Å². The van der Waals surface area contributed by atoms with Gasteiger partial charge in [-0.3, -0.25) is 0 Å². The molecule has 0 atom stereocenters. The summed E-state index contributed by atoms with van der Waals surface area (Å²) in [4.78, 5) is 0. The first-order valence-electron chi connectivity index (χ1n) is 8.89. The predicted molar refractivity (Wildman–Crippen MR) is 105 cm³/mol. The largest absolute Gasteiger partial charge is 0.590 e. The number of anilines is 2. The predicted octanol–water partition coefficient (Wildman–Crippen LogP) is 6.55. The molecular formula is C20H28N2OP+. The lowest BCUT2D eigenvalue weighted by atomic mass is 10.1. The lowest BCUT2D eigenvalue weighted by Crippen LogP contribution is -1.96. The van der Waals surface area contributed by atoms with Crippen LogP contribution < -0.4 is 10.2 Å². The van der Waals surface area contributed by atoms with Crippen LogP contribution in [0.5, 0.6) is 0 Å². The van der Waals surface area contributed by atoms with Crippen LogP contribution in [0.3, 0.4) is 0 Å². The van der Waals surface area contributed by atoms with E-state index in [1.165, 1.54) is 36.8 Å². The van der Waals surface area contributed by atoms with Gasteiger partial charge in [0, 0.05) is 0 Å². The molecule has 3 nitrogen and oxygen atoms in total. The summed E-state index contributed by atoms with van der Waals surface area (Å²) in [6.45, 7) is 4.39. The molecule has 0 heterocycles. The highest BCUT2D eigenvalue weighted by Crippen LogP contribution is 2.27. The van der Waals surface area contributed by atoms with Crippen LogP contribution in [-0.4, -0.2) is 0 Å². The van der Waals surface area contributed by atoms with Crippen molar-refractivity contribution in [2.45, 2.75) is 52.4 Å². The third-order valence-electron chi connectivity index (χ3n) is 4.01. The minimum atomic E-state index is -1.72. The van der Waals surface area contributed by atoms with Crippen molar-refractivity contribution in [1.82, 2.24) is 0 Å². The smallest absolute Gasteiger partial charge is 0.157 e. The lowest BCUT2D eigenvalue weighted by Gasteiger charge is -2.02. The van der Waals surface area contributed by atoms with Crippen molar-refractivity contribution in [3.05, 3.63) is 59.7 Å². The van der Waals surface area contributed by atoms with Gasteiger partial charge in [0.25, 0.3) is 0 Å². The van der Waals surface area contributed by atoms with Gasteiger partial charge in [-0.15, -0.1) is 0 Å². The number of benzene rings is 2. The molecule has 0 aromatic heterocycles. The van der Waals surface area contributed by atoms with E-state index >= 15 is 0 Å². The molecule has 0 aliphatic heterocycles. The van der Waals surface area contributed by atoms with Gasteiger partial charge in [-0.2, -0.15) is 10.2 Å². The van der Waals surface area contributed by atoms with Crippen molar-refractivity contribution < 1.29 is 4.57 Å². The zero-order valence-electron chi connectivity index (χ0n) is 14.7. The van der Waals surface area contributed by atoms with E-state index in [2.05, 4.69) is 48.3 Å². The molecule has 2 N–H and O–H groups in total. The van der Waals surface area contributed by atoms with E-state index in [0.29, 0.717) is 0 Å². The van der Waals surface area contributed by atoms with Gasteiger partial charge >= 0.3 is 8.10 Å². The number of unbranched alkanes of at least 4 members (excludes halogenated alkanes) is 2. The quantitative estimate of drug-likeness (QED) is 0.480. The second-order valence-corrected chi connectivity index (χ2v) is 7.15. The Bertz CT molecular complexity index is 568. The molecule has 0 amide bonds. The van der Waals surface area contributed by atoms with Crippen LogP contribution in [0.25, 0.3) is 0 Å². The monoisotopic (exact) mass is 343 g/mol. The first-order chi connectivity index (χ1) is 11.7. The molecule has 128 valence electrons. The molecule has 0 bridgehead atoms. The van der Waals surface area contributed by atoms with E-state index in [1.54, 1.807) is 0 Å². The Morgan fingerprint density at radius 3 is 1.42 bits per heavy atom. The molecule has 2 rings (SSSR count). The Morgan fingerprint density at radius 2 is 1.08 bits per heavy atom. The summed E-state index contributed by atoms with van der Waals surface area (Å²) >= 11 is 0. The third kappa shape index (κ3) is 6.33. The molecule has 4 heteroatoms. The maximum atomic E-state index is 12.2. The zero-order chi connectivity index (χ0) is 17.2. The molecular weight excluding hydrogens is 315 g/mol. The van der Waals surface area contributed by atoms with Crippen molar-refractivity contribution in [2.75, 3.05) is 10.2 Å². The van der Waals surface area contributed by atoms with Gasteiger partial charge in [-0.25, -0.2) is 0 Å². The highest BCUT2D eigenvalue weighted by atomic mass is 31.1. The van der Waals surface area contributed by atoms with Crippen LogP contribution in [0.1, 0.15) is 50.7 Å². The van der Waals surface area contributed by atoms with Gasteiger partial charge < -0.3 is 0 Å². The van der Waals surface area contributed by atoms with E-state index in [4.69, 9.17) is 0 Å². The number of nitrogens with one attached hydrogen (secondary N) is 2. The lowest BCUT2D eigenvalue weighted by molar-refractivity contribution is 0.593. The molecule has 0 unspecified atom stereocenters. The maximum Gasteiger partial charge on any atom is 0.590 e. The fourth-order valence-corrected chi connectivity index (χ4v) is 3.34. The number of hydrogen-bond donors (Lipinski definition) is 2. The average Bonchev–Trinajstić information content (AvgIpc) is 2.60. The summed E-state index contributed by atoms with van der Waals surface area (Å²) in [7, 11) is -1.72. The van der Waals surface area contributed by atoms with E-state index in [0.717, 1.165) is 24.2 Å². The van der Waals surface area contributed by atoms with Gasteiger partial charge in [0.15, 0.2) is 0 Å². The van der Waals surface area contributed by atoms with Crippen molar-refractivity contribution in [2.24, 2.45) is 0 Å². The molecule has 0 radical (unpaired) electrons. The highest BCUT2D eigenvalue weighted by molar-refractivity contribution is 7.48. The maximum absolute atomic E-state index is 12.2. The normalized spacial score (nSPS) is 10.4. The Hall–Kier alpha value is -1.86. The minimum absolute atomic E-state index is 0.878. The van der Waals surface area contributed by atoms with Crippen LogP contribution in [-0.2, 0) is 17.4 Å². The summed E-state index contributed by atoms with van der Waals surface area (Å²) in [5.74, 6) is 0. The summed E-state index contributed by atoms with van der Waals surface area (Å²) in [6.07, 6.45) is 7.02. The van der Waals surface area contributed by atoms with Gasteiger partial charge in [0.2, 0.25) is 0 Å². The van der Waals surface area contributed by atoms with E-state index in [9.17, 15) is 4.57 Å². The third-order valence-corrected chi connectivity index (χ3v) is 4.93. The van der Waals surface area contributed by atoms with Crippen LogP contribution >= 0.6 is 8.10 Å². The van der Waals surface area contributed by atoms with Crippen LogP contribution in [0, 0.1) is 0 Å². The Balaban J connectivity index is 1.84.